The number of aryl methyl sites for hydroxylation is 2. The highest BCUT2D eigenvalue weighted by Gasteiger charge is 2.29. The number of nitrogens with one attached hydrogen (secondary N) is 1. The van der Waals surface area contributed by atoms with Gasteiger partial charge in [-0.2, -0.15) is 5.10 Å². The molecule has 0 aliphatic carbocycles. The molecule has 1 N–H and O–H groups in total. The van der Waals surface area contributed by atoms with Crippen LogP contribution in [0.4, 0.5) is 0 Å². The number of rotatable bonds is 5. The molecule has 1 aliphatic rings. The van der Waals surface area contributed by atoms with E-state index < -0.39 is 0 Å². The molecule has 0 saturated carbocycles. The van der Waals surface area contributed by atoms with Crippen LogP contribution in [0.2, 0.25) is 0 Å². The van der Waals surface area contributed by atoms with E-state index in [2.05, 4.69) is 15.6 Å². The molecule has 0 unspecified atom stereocenters. The van der Waals surface area contributed by atoms with Crippen molar-refractivity contribution in [3.63, 3.8) is 0 Å². The van der Waals surface area contributed by atoms with Gasteiger partial charge >= 0.3 is 0 Å². The third kappa shape index (κ3) is 3.16. The quantitative estimate of drug-likeness (QED) is 0.912. The Morgan fingerprint density at radius 3 is 3.10 bits per heavy atom. The van der Waals surface area contributed by atoms with Gasteiger partial charge in [-0.15, -0.1) is 0 Å². The van der Waals surface area contributed by atoms with Crippen molar-refractivity contribution in [1.29, 1.82) is 0 Å². The standard InChI is InChI=1S/C15H22N4O2/c1-11-13(10-21-18-11)9-16-8-12-4-3-7-20-15(12)14-5-6-17-19(14)2/h5-6,10,12,15-16H,3-4,7-9H2,1-2H3/t12-,15+/m0/s1. The van der Waals surface area contributed by atoms with Crippen LogP contribution in [0.25, 0.3) is 0 Å². The van der Waals surface area contributed by atoms with Crippen molar-refractivity contribution in [3.05, 3.63) is 35.5 Å². The van der Waals surface area contributed by atoms with Crippen molar-refractivity contribution in [2.45, 2.75) is 32.4 Å². The monoisotopic (exact) mass is 290 g/mol. The van der Waals surface area contributed by atoms with E-state index in [-0.39, 0.29) is 6.10 Å². The molecule has 0 aromatic carbocycles. The smallest absolute Gasteiger partial charge is 0.128 e. The largest absolute Gasteiger partial charge is 0.372 e. The molecule has 2 atom stereocenters. The van der Waals surface area contributed by atoms with E-state index in [4.69, 9.17) is 9.26 Å². The van der Waals surface area contributed by atoms with Crippen LogP contribution in [0.1, 0.15) is 35.9 Å². The number of nitrogens with zero attached hydrogens (tertiary/aromatic N) is 3. The average Bonchev–Trinajstić information content (AvgIpc) is 3.09. The fourth-order valence-corrected chi connectivity index (χ4v) is 2.92. The molecule has 0 spiro atoms. The van der Waals surface area contributed by atoms with E-state index in [1.807, 2.05) is 30.9 Å². The Hall–Kier alpha value is -1.66. The molecule has 3 heterocycles. The summed E-state index contributed by atoms with van der Waals surface area (Å²) < 4.78 is 12.9. The fourth-order valence-electron chi connectivity index (χ4n) is 2.92. The highest BCUT2D eigenvalue weighted by Crippen LogP contribution is 2.32. The Bertz CT molecular complexity index is 578. The van der Waals surface area contributed by atoms with Gasteiger partial charge in [-0.05, 0) is 25.8 Å². The van der Waals surface area contributed by atoms with Gasteiger partial charge in [0.1, 0.15) is 12.4 Å². The lowest BCUT2D eigenvalue weighted by molar-refractivity contribution is -0.0323. The van der Waals surface area contributed by atoms with Crippen molar-refractivity contribution in [2.24, 2.45) is 13.0 Å². The van der Waals surface area contributed by atoms with Crippen molar-refractivity contribution in [3.8, 4) is 0 Å². The van der Waals surface area contributed by atoms with Crippen LogP contribution >= 0.6 is 0 Å². The zero-order chi connectivity index (χ0) is 14.7. The maximum atomic E-state index is 6.00. The minimum Gasteiger partial charge on any atom is -0.372 e. The minimum atomic E-state index is 0.127. The third-order valence-electron chi connectivity index (χ3n) is 4.17. The van der Waals surface area contributed by atoms with Crippen LogP contribution in [-0.2, 0) is 18.3 Å². The van der Waals surface area contributed by atoms with Crippen molar-refractivity contribution in [2.75, 3.05) is 13.2 Å². The summed E-state index contributed by atoms with van der Waals surface area (Å²) in [5.74, 6) is 0.467. The second kappa shape index (κ2) is 6.41. The van der Waals surface area contributed by atoms with Gasteiger partial charge in [0.15, 0.2) is 0 Å². The first kappa shape index (κ1) is 14.3. The molecule has 21 heavy (non-hydrogen) atoms. The van der Waals surface area contributed by atoms with Gasteiger partial charge in [-0.25, -0.2) is 0 Å². The van der Waals surface area contributed by atoms with Gasteiger partial charge in [0.25, 0.3) is 0 Å². The Morgan fingerprint density at radius 1 is 1.48 bits per heavy atom. The predicted octanol–water partition coefficient (Wildman–Crippen LogP) is 1.97. The van der Waals surface area contributed by atoms with Crippen LogP contribution in [0.5, 0.6) is 0 Å². The molecule has 0 bridgehead atoms. The predicted molar refractivity (Wildman–Crippen MR) is 77.6 cm³/mol. The Balaban J connectivity index is 1.60. The van der Waals surface area contributed by atoms with E-state index >= 15 is 0 Å². The van der Waals surface area contributed by atoms with Gasteiger partial charge in [-0.3, -0.25) is 4.68 Å². The van der Waals surface area contributed by atoms with Gasteiger partial charge < -0.3 is 14.6 Å². The number of hydrogen-bond donors (Lipinski definition) is 1. The molecule has 2 aromatic heterocycles. The van der Waals surface area contributed by atoms with Crippen LogP contribution in [0.15, 0.2) is 23.0 Å². The van der Waals surface area contributed by atoms with Crippen LogP contribution in [-0.4, -0.2) is 28.1 Å². The third-order valence-corrected chi connectivity index (χ3v) is 4.17. The van der Waals surface area contributed by atoms with E-state index in [1.165, 1.54) is 6.42 Å². The first-order valence-electron chi connectivity index (χ1n) is 7.46. The van der Waals surface area contributed by atoms with E-state index in [1.54, 1.807) is 6.26 Å². The highest BCUT2D eigenvalue weighted by molar-refractivity contribution is 5.12. The topological polar surface area (TPSA) is 65.1 Å². The zero-order valence-electron chi connectivity index (χ0n) is 12.6. The summed E-state index contributed by atoms with van der Waals surface area (Å²) in [6.45, 7) is 4.49. The summed E-state index contributed by atoms with van der Waals surface area (Å²) in [6, 6.07) is 2.05. The van der Waals surface area contributed by atoms with Crippen molar-refractivity contribution < 1.29 is 9.26 Å². The molecule has 1 aliphatic heterocycles. The van der Waals surface area contributed by atoms with Gasteiger partial charge in [0.2, 0.25) is 0 Å². The van der Waals surface area contributed by atoms with Gasteiger partial charge in [0, 0.05) is 44.4 Å². The zero-order valence-corrected chi connectivity index (χ0v) is 12.6. The Morgan fingerprint density at radius 2 is 2.38 bits per heavy atom. The van der Waals surface area contributed by atoms with Crippen LogP contribution in [0, 0.1) is 12.8 Å². The molecule has 1 fully saturated rings. The average molecular weight is 290 g/mol. The molecule has 3 rings (SSSR count). The van der Waals surface area contributed by atoms with E-state index in [0.29, 0.717) is 5.92 Å². The Kier molecular flexibility index (Phi) is 4.36. The van der Waals surface area contributed by atoms with Crippen LogP contribution < -0.4 is 5.32 Å². The van der Waals surface area contributed by atoms with Gasteiger partial charge in [-0.1, -0.05) is 5.16 Å². The van der Waals surface area contributed by atoms with Crippen molar-refractivity contribution >= 4 is 0 Å². The molecular formula is C15H22N4O2. The maximum Gasteiger partial charge on any atom is 0.128 e. The fraction of sp³-hybridized carbons (Fsp3) is 0.600. The molecule has 6 heteroatoms. The summed E-state index contributed by atoms with van der Waals surface area (Å²) >= 11 is 0. The molecule has 114 valence electrons. The lowest BCUT2D eigenvalue weighted by Crippen LogP contribution is -2.32. The summed E-state index contributed by atoms with van der Waals surface area (Å²) in [5, 5.41) is 11.7. The molecule has 6 nitrogen and oxygen atoms in total. The molecule has 0 amide bonds. The van der Waals surface area contributed by atoms with E-state index in [9.17, 15) is 0 Å². The van der Waals surface area contributed by atoms with Crippen LogP contribution in [0.3, 0.4) is 0 Å². The summed E-state index contributed by atoms with van der Waals surface area (Å²) in [5.41, 5.74) is 3.22. The molecule has 0 radical (unpaired) electrons. The van der Waals surface area contributed by atoms with E-state index in [0.717, 1.165) is 43.1 Å². The Labute approximate surface area is 124 Å². The lowest BCUT2D eigenvalue weighted by atomic mass is 9.92. The summed E-state index contributed by atoms with van der Waals surface area (Å²) in [4.78, 5) is 0. The summed E-state index contributed by atoms with van der Waals surface area (Å²) in [7, 11) is 1.97. The molecule has 1 saturated heterocycles. The number of aromatic nitrogens is 3. The molecular weight excluding hydrogens is 268 g/mol. The lowest BCUT2D eigenvalue weighted by Gasteiger charge is -2.32. The summed E-state index contributed by atoms with van der Waals surface area (Å²) in [6.07, 6.45) is 5.96. The minimum absolute atomic E-state index is 0.127. The second-order valence-corrected chi connectivity index (χ2v) is 5.63. The first-order valence-corrected chi connectivity index (χ1v) is 7.46. The second-order valence-electron chi connectivity index (χ2n) is 5.63. The van der Waals surface area contributed by atoms with Crippen molar-refractivity contribution in [1.82, 2.24) is 20.3 Å². The molecule has 2 aromatic rings. The number of hydrogen-bond acceptors (Lipinski definition) is 5. The normalized spacial score (nSPS) is 22.6. The highest BCUT2D eigenvalue weighted by atomic mass is 16.5. The SMILES string of the molecule is Cc1nocc1CNC[C@@H]1CCCO[C@H]1c1ccnn1C. The number of ether oxygens (including phenoxy) is 1. The maximum absolute atomic E-state index is 6.00. The first-order chi connectivity index (χ1) is 10.3. The van der Waals surface area contributed by atoms with Gasteiger partial charge in [0.05, 0.1) is 11.4 Å².